The minimum atomic E-state index is -0.193. The zero-order valence-electron chi connectivity index (χ0n) is 15.2. The van der Waals surface area contributed by atoms with Crippen LogP contribution in [0.3, 0.4) is 0 Å². The van der Waals surface area contributed by atoms with Gasteiger partial charge in [-0.05, 0) is 62.9 Å². The molecule has 2 aliphatic heterocycles. The van der Waals surface area contributed by atoms with E-state index >= 15 is 0 Å². The Bertz CT molecular complexity index is 759. The fourth-order valence-electron chi connectivity index (χ4n) is 3.99. The van der Waals surface area contributed by atoms with E-state index in [0.29, 0.717) is 12.6 Å². The Morgan fingerprint density at radius 2 is 2.00 bits per heavy atom. The van der Waals surface area contributed by atoms with E-state index in [2.05, 4.69) is 27.3 Å². The Kier molecular flexibility index (Phi) is 5.07. The maximum Gasteiger partial charge on any atom is 0.128 e. The fraction of sp³-hybridized carbons (Fsp3) is 0.476. The predicted molar refractivity (Wildman–Crippen MR) is 101 cm³/mol. The van der Waals surface area contributed by atoms with Gasteiger partial charge in [0.05, 0.1) is 6.61 Å². The molecule has 1 saturated heterocycles. The molecule has 0 aliphatic carbocycles. The Balaban J connectivity index is 1.41. The number of hydrogen-bond donors (Lipinski definition) is 1. The number of nitrogens with zero attached hydrogens (tertiary/aromatic N) is 2. The highest BCUT2D eigenvalue weighted by atomic mass is 19.1. The average Bonchev–Trinajstić information content (AvgIpc) is 2.84. The minimum Gasteiger partial charge on any atom is -0.493 e. The maximum absolute atomic E-state index is 13.8. The van der Waals surface area contributed by atoms with Crippen molar-refractivity contribution in [2.75, 3.05) is 24.6 Å². The number of aryl methyl sites for hydroxylation is 1. The van der Waals surface area contributed by atoms with E-state index in [9.17, 15) is 4.39 Å². The first-order chi connectivity index (χ1) is 12.7. The molecule has 2 aliphatic rings. The summed E-state index contributed by atoms with van der Waals surface area (Å²) in [5, 5.41) is 3.77. The molecule has 0 spiro atoms. The molecule has 1 atom stereocenters. The second-order valence-electron chi connectivity index (χ2n) is 7.29. The molecule has 4 nitrogen and oxygen atoms in total. The third-order valence-electron chi connectivity index (χ3n) is 5.37. The number of anilines is 1. The quantitative estimate of drug-likeness (QED) is 0.903. The van der Waals surface area contributed by atoms with Crippen molar-refractivity contribution in [1.82, 2.24) is 10.3 Å². The predicted octanol–water partition coefficient (Wildman–Crippen LogP) is 4.00. The van der Waals surface area contributed by atoms with E-state index in [1.165, 1.54) is 6.07 Å². The summed E-state index contributed by atoms with van der Waals surface area (Å²) >= 11 is 0. The van der Waals surface area contributed by atoms with E-state index in [0.717, 1.165) is 61.6 Å². The number of hydrogen-bond acceptors (Lipinski definition) is 4. The van der Waals surface area contributed by atoms with E-state index in [1.807, 2.05) is 13.0 Å². The van der Waals surface area contributed by atoms with E-state index in [4.69, 9.17) is 4.74 Å². The molecule has 1 aromatic carbocycles. The molecule has 0 bridgehead atoms. The molecule has 3 heterocycles. The fourth-order valence-corrected chi connectivity index (χ4v) is 3.99. The highest BCUT2D eigenvalue weighted by molar-refractivity contribution is 5.40. The van der Waals surface area contributed by atoms with Gasteiger partial charge in [0.25, 0.3) is 0 Å². The van der Waals surface area contributed by atoms with Gasteiger partial charge in [0.15, 0.2) is 0 Å². The first-order valence-corrected chi connectivity index (χ1v) is 9.56. The molecule has 0 radical (unpaired) electrons. The summed E-state index contributed by atoms with van der Waals surface area (Å²) in [7, 11) is 0. The number of fused-ring (bicyclic) bond motifs is 1. The van der Waals surface area contributed by atoms with Crippen molar-refractivity contribution in [2.24, 2.45) is 0 Å². The maximum atomic E-state index is 13.8. The topological polar surface area (TPSA) is 37.4 Å². The summed E-state index contributed by atoms with van der Waals surface area (Å²) in [5.41, 5.74) is 2.02. The lowest BCUT2D eigenvalue weighted by Crippen LogP contribution is -2.44. The van der Waals surface area contributed by atoms with Gasteiger partial charge >= 0.3 is 0 Å². The van der Waals surface area contributed by atoms with Crippen molar-refractivity contribution in [3.63, 3.8) is 0 Å². The monoisotopic (exact) mass is 355 g/mol. The zero-order valence-corrected chi connectivity index (χ0v) is 15.2. The van der Waals surface area contributed by atoms with Crippen LogP contribution in [0, 0.1) is 12.7 Å². The van der Waals surface area contributed by atoms with Crippen LogP contribution >= 0.6 is 0 Å². The van der Waals surface area contributed by atoms with Gasteiger partial charge < -0.3 is 15.0 Å². The van der Waals surface area contributed by atoms with Gasteiger partial charge in [0, 0.05) is 36.4 Å². The highest BCUT2D eigenvalue weighted by Crippen LogP contribution is 2.33. The molecule has 1 fully saturated rings. The summed E-state index contributed by atoms with van der Waals surface area (Å²) in [6, 6.07) is 11.7. The van der Waals surface area contributed by atoms with Crippen molar-refractivity contribution in [1.29, 1.82) is 0 Å². The van der Waals surface area contributed by atoms with Crippen molar-refractivity contribution in [3.05, 3.63) is 53.5 Å². The number of aromatic nitrogens is 1. The lowest BCUT2D eigenvalue weighted by atomic mass is 9.97. The van der Waals surface area contributed by atoms with Crippen molar-refractivity contribution < 1.29 is 9.13 Å². The molecule has 0 amide bonds. The molecule has 138 valence electrons. The third-order valence-corrected chi connectivity index (χ3v) is 5.37. The number of rotatable bonds is 3. The summed E-state index contributed by atoms with van der Waals surface area (Å²) in [5.74, 6) is 1.70. The van der Waals surface area contributed by atoms with Crippen LogP contribution in [0.1, 0.15) is 43.0 Å². The van der Waals surface area contributed by atoms with E-state index < -0.39 is 0 Å². The van der Waals surface area contributed by atoms with Gasteiger partial charge in [-0.1, -0.05) is 6.07 Å². The second kappa shape index (κ2) is 7.62. The molecule has 4 rings (SSSR count). The largest absolute Gasteiger partial charge is 0.493 e. The van der Waals surface area contributed by atoms with Crippen LogP contribution in [0.4, 0.5) is 10.2 Å². The van der Waals surface area contributed by atoms with Crippen LogP contribution in [0.5, 0.6) is 5.75 Å². The Morgan fingerprint density at radius 1 is 1.15 bits per heavy atom. The van der Waals surface area contributed by atoms with Crippen molar-refractivity contribution in [3.8, 4) is 5.75 Å². The molecular formula is C21H26FN3O. The van der Waals surface area contributed by atoms with E-state index in [-0.39, 0.29) is 11.9 Å². The van der Waals surface area contributed by atoms with Gasteiger partial charge in [-0.15, -0.1) is 0 Å². The molecule has 1 N–H and O–H groups in total. The van der Waals surface area contributed by atoms with Gasteiger partial charge in [-0.3, -0.25) is 0 Å². The van der Waals surface area contributed by atoms with Crippen molar-refractivity contribution >= 4 is 5.82 Å². The van der Waals surface area contributed by atoms with Crippen LogP contribution in [-0.2, 0) is 0 Å². The number of pyridine rings is 1. The van der Waals surface area contributed by atoms with Crippen LogP contribution < -0.4 is 15.0 Å². The number of nitrogens with one attached hydrogen (secondary N) is 1. The lowest BCUT2D eigenvalue weighted by Gasteiger charge is -2.35. The number of halogens is 1. The summed E-state index contributed by atoms with van der Waals surface area (Å²) in [4.78, 5) is 6.99. The Hall–Kier alpha value is -2.14. The number of ether oxygens (including phenoxy) is 1. The van der Waals surface area contributed by atoms with Crippen molar-refractivity contribution in [2.45, 2.75) is 44.7 Å². The molecular weight excluding hydrogens is 329 g/mol. The second-order valence-corrected chi connectivity index (χ2v) is 7.29. The lowest BCUT2D eigenvalue weighted by molar-refractivity contribution is 0.312. The first kappa shape index (κ1) is 17.3. The summed E-state index contributed by atoms with van der Waals surface area (Å²) < 4.78 is 19.5. The van der Waals surface area contributed by atoms with Crippen LogP contribution in [0.25, 0.3) is 0 Å². The molecule has 2 aromatic rings. The first-order valence-electron chi connectivity index (χ1n) is 9.56. The standard InChI is InChI=1S/C21H26FN3O/c1-15-4-2-6-21(23-15)25-11-9-17(10-12-25)24-19-5-3-13-26-20-8-7-16(22)14-18(19)20/h2,4,6-8,14,17,19,24H,3,5,9-13H2,1H3. The van der Waals surface area contributed by atoms with Gasteiger partial charge in [-0.25, -0.2) is 9.37 Å². The molecule has 1 unspecified atom stereocenters. The number of piperidine rings is 1. The van der Waals surface area contributed by atoms with Crippen LogP contribution in [-0.4, -0.2) is 30.7 Å². The highest BCUT2D eigenvalue weighted by Gasteiger charge is 2.26. The van der Waals surface area contributed by atoms with Gasteiger partial charge in [0.1, 0.15) is 17.4 Å². The third kappa shape index (κ3) is 3.83. The minimum absolute atomic E-state index is 0.164. The smallest absolute Gasteiger partial charge is 0.128 e. The van der Waals surface area contributed by atoms with Gasteiger partial charge in [0.2, 0.25) is 0 Å². The average molecular weight is 355 g/mol. The molecule has 1 aromatic heterocycles. The van der Waals surface area contributed by atoms with E-state index in [1.54, 1.807) is 12.1 Å². The Morgan fingerprint density at radius 3 is 2.81 bits per heavy atom. The normalized spacial score (nSPS) is 21.0. The van der Waals surface area contributed by atoms with Gasteiger partial charge in [-0.2, -0.15) is 0 Å². The molecule has 0 saturated carbocycles. The van der Waals surface area contributed by atoms with Crippen LogP contribution in [0.15, 0.2) is 36.4 Å². The zero-order chi connectivity index (χ0) is 17.9. The molecule has 5 heteroatoms. The Labute approximate surface area is 154 Å². The summed E-state index contributed by atoms with van der Waals surface area (Å²) in [6.07, 6.45) is 4.10. The van der Waals surface area contributed by atoms with Crippen LogP contribution in [0.2, 0.25) is 0 Å². The SMILES string of the molecule is Cc1cccc(N2CCC(NC3CCCOc4ccc(F)cc43)CC2)n1. The molecule has 26 heavy (non-hydrogen) atoms. The number of benzene rings is 1. The summed E-state index contributed by atoms with van der Waals surface area (Å²) in [6.45, 7) is 4.72.